The molecule has 0 radical (unpaired) electrons. The summed E-state index contributed by atoms with van der Waals surface area (Å²) in [6.45, 7) is 1.80. The zero-order chi connectivity index (χ0) is 16.9. The molecule has 1 aliphatic heterocycles. The van der Waals surface area contributed by atoms with Gasteiger partial charge in [0.15, 0.2) is 0 Å². The Morgan fingerprint density at radius 2 is 2.00 bits per heavy atom. The Morgan fingerprint density at radius 3 is 2.57 bits per heavy atom. The topological polar surface area (TPSA) is 82.7 Å². The predicted octanol–water partition coefficient (Wildman–Crippen LogP) is 1.73. The largest absolute Gasteiger partial charge is 0.573 e. The van der Waals surface area contributed by atoms with Gasteiger partial charge in [0.05, 0.1) is 0 Å². The summed E-state index contributed by atoms with van der Waals surface area (Å²) in [6.07, 6.45) is -4.76. The summed E-state index contributed by atoms with van der Waals surface area (Å²) in [5.74, 6) is -0.372. The number of carbonyl (C=O) groups excluding carboxylic acids is 2. The number of hydrogen-bond acceptors (Lipinski definition) is 3. The molecule has 2 rings (SSSR count). The minimum absolute atomic E-state index is 0.174. The van der Waals surface area contributed by atoms with Gasteiger partial charge in [0.1, 0.15) is 5.75 Å². The predicted molar refractivity (Wildman–Crippen MR) is 75.1 cm³/mol. The van der Waals surface area contributed by atoms with E-state index in [1.54, 1.807) is 4.90 Å². The number of rotatable bonds is 5. The molecule has 0 atom stereocenters. The van der Waals surface area contributed by atoms with Gasteiger partial charge in [-0.05, 0) is 24.3 Å². The van der Waals surface area contributed by atoms with Gasteiger partial charge < -0.3 is 25.6 Å². The smallest absolute Gasteiger partial charge is 0.406 e. The van der Waals surface area contributed by atoms with Crippen LogP contribution < -0.4 is 20.7 Å². The first-order valence-electron chi connectivity index (χ1n) is 6.77. The third-order valence-corrected chi connectivity index (χ3v) is 2.96. The Morgan fingerprint density at radius 1 is 1.30 bits per heavy atom. The van der Waals surface area contributed by atoms with Crippen molar-refractivity contribution in [3.8, 4) is 5.75 Å². The molecule has 23 heavy (non-hydrogen) atoms. The lowest BCUT2D eigenvalue weighted by molar-refractivity contribution is -0.274. The molecule has 1 aromatic rings. The summed E-state index contributed by atoms with van der Waals surface area (Å²) in [6, 6.07) is 4.07. The molecule has 1 heterocycles. The van der Waals surface area contributed by atoms with E-state index in [0.29, 0.717) is 25.3 Å². The monoisotopic (exact) mass is 332 g/mol. The Balaban J connectivity index is 1.73. The number of amides is 4. The first-order valence-corrected chi connectivity index (χ1v) is 6.77. The minimum atomic E-state index is -4.76. The van der Waals surface area contributed by atoms with Gasteiger partial charge in [0, 0.05) is 31.9 Å². The van der Waals surface area contributed by atoms with Crippen LogP contribution in [0.5, 0.6) is 5.75 Å². The van der Waals surface area contributed by atoms with E-state index in [1.807, 2.05) is 0 Å². The number of urea groups is 2. The molecule has 4 amide bonds. The number of nitrogens with zero attached hydrogens (tertiary/aromatic N) is 1. The van der Waals surface area contributed by atoms with Crippen molar-refractivity contribution < 1.29 is 27.5 Å². The van der Waals surface area contributed by atoms with Crippen LogP contribution in [0.25, 0.3) is 0 Å². The molecule has 0 spiro atoms. The van der Waals surface area contributed by atoms with Crippen LogP contribution in [0.15, 0.2) is 24.3 Å². The molecule has 0 saturated carbocycles. The summed E-state index contributed by atoms with van der Waals surface area (Å²) in [5, 5.41) is 7.65. The highest BCUT2D eigenvalue weighted by molar-refractivity contribution is 5.89. The highest BCUT2D eigenvalue weighted by Gasteiger charge is 2.30. The molecule has 0 unspecified atom stereocenters. The van der Waals surface area contributed by atoms with Crippen molar-refractivity contribution in [3.05, 3.63) is 24.3 Å². The van der Waals surface area contributed by atoms with Crippen molar-refractivity contribution in [2.45, 2.75) is 6.36 Å². The molecule has 10 heteroatoms. The molecule has 0 aromatic heterocycles. The number of benzene rings is 1. The van der Waals surface area contributed by atoms with Crippen molar-refractivity contribution in [1.82, 2.24) is 15.5 Å². The second kappa shape index (κ2) is 7.07. The number of anilines is 1. The highest BCUT2D eigenvalue weighted by atomic mass is 19.4. The van der Waals surface area contributed by atoms with Crippen molar-refractivity contribution in [2.24, 2.45) is 0 Å². The molecule has 7 nitrogen and oxygen atoms in total. The van der Waals surface area contributed by atoms with Gasteiger partial charge >= 0.3 is 18.4 Å². The molecule has 0 aliphatic carbocycles. The number of carbonyl (C=O) groups is 2. The van der Waals surface area contributed by atoms with Crippen LogP contribution in [0.4, 0.5) is 28.4 Å². The second-order valence-corrected chi connectivity index (χ2v) is 4.67. The Kier molecular flexibility index (Phi) is 5.14. The third-order valence-electron chi connectivity index (χ3n) is 2.96. The first kappa shape index (κ1) is 16.7. The van der Waals surface area contributed by atoms with Gasteiger partial charge in [-0.25, -0.2) is 9.59 Å². The van der Waals surface area contributed by atoms with E-state index in [0.717, 1.165) is 12.1 Å². The number of ether oxygens (including phenoxy) is 1. The standard InChI is InChI=1S/C13H15F3N4O3/c14-13(15,16)23-10-3-1-9(2-4-10)19-11(21)17-5-7-20-8-6-18-12(20)22/h1-4H,5-8H2,(H,18,22)(H2,17,19,21). The normalized spacial score (nSPS) is 14.4. The van der Waals surface area contributed by atoms with Crippen molar-refractivity contribution in [2.75, 3.05) is 31.5 Å². The maximum atomic E-state index is 12.0. The van der Waals surface area contributed by atoms with E-state index in [1.165, 1.54) is 12.1 Å². The number of halogens is 3. The van der Waals surface area contributed by atoms with Crippen molar-refractivity contribution in [3.63, 3.8) is 0 Å². The van der Waals surface area contributed by atoms with E-state index in [-0.39, 0.29) is 18.3 Å². The maximum Gasteiger partial charge on any atom is 0.573 e. The molecule has 0 bridgehead atoms. The SMILES string of the molecule is O=C(NCCN1CCNC1=O)Nc1ccc(OC(F)(F)F)cc1. The van der Waals surface area contributed by atoms with Crippen LogP contribution in [0, 0.1) is 0 Å². The van der Waals surface area contributed by atoms with E-state index in [2.05, 4.69) is 20.7 Å². The molecule has 1 aromatic carbocycles. The second-order valence-electron chi connectivity index (χ2n) is 4.67. The summed E-state index contributed by atoms with van der Waals surface area (Å²) in [4.78, 5) is 24.5. The summed E-state index contributed by atoms with van der Waals surface area (Å²) in [7, 11) is 0. The molecular weight excluding hydrogens is 317 g/mol. The lowest BCUT2D eigenvalue weighted by Crippen LogP contribution is -2.38. The molecule has 3 N–H and O–H groups in total. The third kappa shape index (κ3) is 5.57. The van der Waals surface area contributed by atoms with Gasteiger partial charge in [-0.3, -0.25) is 0 Å². The van der Waals surface area contributed by atoms with Gasteiger partial charge in [-0.15, -0.1) is 13.2 Å². The average Bonchev–Trinajstić information content (AvgIpc) is 2.85. The number of hydrogen-bond donors (Lipinski definition) is 3. The summed E-state index contributed by atoms with van der Waals surface area (Å²) < 4.78 is 39.8. The lowest BCUT2D eigenvalue weighted by Gasteiger charge is -2.14. The van der Waals surface area contributed by atoms with Crippen molar-refractivity contribution >= 4 is 17.7 Å². The average molecular weight is 332 g/mol. The summed E-state index contributed by atoms with van der Waals surface area (Å²) >= 11 is 0. The Hall–Kier alpha value is -2.65. The van der Waals surface area contributed by atoms with Crippen LogP contribution in [0.2, 0.25) is 0 Å². The first-order chi connectivity index (χ1) is 10.8. The quantitative estimate of drug-likeness (QED) is 0.768. The van der Waals surface area contributed by atoms with Crippen LogP contribution >= 0.6 is 0 Å². The van der Waals surface area contributed by atoms with E-state index >= 15 is 0 Å². The minimum Gasteiger partial charge on any atom is -0.406 e. The maximum absolute atomic E-state index is 12.0. The molecule has 1 fully saturated rings. The van der Waals surface area contributed by atoms with Crippen LogP contribution in [-0.4, -0.2) is 49.5 Å². The van der Waals surface area contributed by atoms with Gasteiger partial charge in [0.25, 0.3) is 0 Å². The van der Waals surface area contributed by atoms with Crippen LogP contribution in [-0.2, 0) is 0 Å². The molecule has 1 saturated heterocycles. The van der Waals surface area contributed by atoms with Crippen molar-refractivity contribution in [1.29, 1.82) is 0 Å². The summed E-state index contributed by atoms with van der Waals surface area (Å²) in [5.41, 5.74) is 0.316. The van der Waals surface area contributed by atoms with E-state index < -0.39 is 12.4 Å². The highest BCUT2D eigenvalue weighted by Crippen LogP contribution is 2.23. The van der Waals surface area contributed by atoms with Gasteiger partial charge in [-0.1, -0.05) is 0 Å². The zero-order valence-corrected chi connectivity index (χ0v) is 11.9. The molecule has 126 valence electrons. The van der Waals surface area contributed by atoms with Crippen LogP contribution in [0.3, 0.4) is 0 Å². The molecular formula is C13H15F3N4O3. The van der Waals surface area contributed by atoms with Gasteiger partial charge in [-0.2, -0.15) is 0 Å². The molecule has 1 aliphatic rings. The number of alkyl halides is 3. The lowest BCUT2D eigenvalue weighted by atomic mass is 10.3. The van der Waals surface area contributed by atoms with Crippen LogP contribution in [0.1, 0.15) is 0 Å². The fourth-order valence-corrected chi connectivity index (χ4v) is 1.94. The fraction of sp³-hybridized carbons (Fsp3) is 0.385. The zero-order valence-electron chi connectivity index (χ0n) is 11.9. The van der Waals surface area contributed by atoms with Gasteiger partial charge in [0.2, 0.25) is 0 Å². The van der Waals surface area contributed by atoms with E-state index in [4.69, 9.17) is 0 Å². The Labute approximate surface area is 129 Å². The van der Waals surface area contributed by atoms with E-state index in [9.17, 15) is 22.8 Å². The Bertz CT molecular complexity index is 563. The number of nitrogens with one attached hydrogen (secondary N) is 3. The fourth-order valence-electron chi connectivity index (χ4n) is 1.94.